The van der Waals surface area contributed by atoms with Gasteiger partial charge in [0.1, 0.15) is 0 Å². The van der Waals surface area contributed by atoms with Crippen LogP contribution in [0.5, 0.6) is 0 Å². The van der Waals surface area contributed by atoms with Crippen LogP contribution in [0.3, 0.4) is 0 Å². The number of carbonyl (C=O) groups excluding carboxylic acids is 1. The predicted molar refractivity (Wildman–Crippen MR) is 85.5 cm³/mol. The molecule has 0 fully saturated rings. The molecule has 0 atom stereocenters. The Kier molecular flexibility index (Phi) is 3.91. The maximum absolute atomic E-state index is 11.6. The Labute approximate surface area is 125 Å². The molecule has 0 heterocycles. The zero-order chi connectivity index (χ0) is 14.7. The van der Waals surface area contributed by atoms with Crippen LogP contribution in [0.25, 0.3) is 0 Å². The molecular formula is C18H20N2O. The standard InChI is InChI=1S/C18H20N2O/c1-19-18(21)12-15-8-4-5-9-17(15)20-16-10-13-6-2-3-7-14(13)11-16/h2-9,16,20H,10-12H2,1H3,(H,19,21). The summed E-state index contributed by atoms with van der Waals surface area (Å²) in [4.78, 5) is 11.6. The van der Waals surface area contributed by atoms with Crippen LogP contribution in [0.1, 0.15) is 16.7 Å². The van der Waals surface area contributed by atoms with E-state index in [2.05, 4.69) is 41.0 Å². The van der Waals surface area contributed by atoms with Crippen LogP contribution in [0, 0.1) is 0 Å². The molecule has 21 heavy (non-hydrogen) atoms. The number of fused-ring (bicyclic) bond motifs is 1. The molecule has 2 aromatic rings. The zero-order valence-electron chi connectivity index (χ0n) is 12.2. The van der Waals surface area contributed by atoms with Gasteiger partial charge in [-0.05, 0) is 35.6 Å². The van der Waals surface area contributed by atoms with Crippen LogP contribution in [0.15, 0.2) is 48.5 Å². The molecule has 0 radical (unpaired) electrons. The molecule has 0 aliphatic heterocycles. The fourth-order valence-corrected chi connectivity index (χ4v) is 2.96. The lowest BCUT2D eigenvalue weighted by molar-refractivity contribution is -0.119. The zero-order valence-corrected chi connectivity index (χ0v) is 12.2. The molecule has 0 unspecified atom stereocenters. The minimum absolute atomic E-state index is 0.0407. The van der Waals surface area contributed by atoms with E-state index >= 15 is 0 Å². The van der Waals surface area contributed by atoms with Gasteiger partial charge >= 0.3 is 0 Å². The van der Waals surface area contributed by atoms with E-state index in [0.29, 0.717) is 12.5 Å². The maximum atomic E-state index is 11.6. The lowest BCUT2D eigenvalue weighted by Crippen LogP contribution is -2.23. The van der Waals surface area contributed by atoms with Crippen molar-refractivity contribution in [3.63, 3.8) is 0 Å². The predicted octanol–water partition coefficient (Wildman–Crippen LogP) is 2.55. The van der Waals surface area contributed by atoms with E-state index in [1.807, 2.05) is 18.2 Å². The molecule has 1 amide bonds. The van der Waals surface area contributed by atoms with Crippen molar-refractivity contribution < 1.29 is 4.79 Å². The third kappa shape index (κ3) is 3.07. The first-order valence-electron chi connectivity index (χ1n) is 7.38. The average Bonchev–Trinajstić information content (AvgIpc) is 2.91. The molecule has 0 saturated heterocycles. The number of hydrogen-bond acceptors (Lipinski definition) is 2. The largest absolute Gasteiger partial charge is 0.381 e. The monoisotopic (exact) mass is 280 g/mol. The van der Waals surface area contributed by atoms with Crippen molar-refractivity contribution in [2.75, 3.05) is 12.4 Å². The van der Waals surface area contributed by atoms with Crippen molar-refractivity contribution in [3.8, 4) is 0 Å². The number of benzene rings is 2. The van der Waals surface area contributed by atoms with Crippen LogP contribution < -0.4 is 10.6 Å². The van der Waals surface area contributed by atoms with E-state index in [9.17, 15) is 4.79 Å². The molecule has 0 saturated carbocycles. The first-order valence-corrected chi connectivity index (χ1v) is 7.38. The van der Waals surface area contributed by atoms with Gasteiger partial charge in [-0.3, -0.25) is 4.79 Å². The van der Waals surface area contributed by atoms with Gasteiger partial charge in [0.25, 0.3) is 0 Å². The minimum Gasteiger partial charge on any atom is -0.381 e. The second kappa shape index (κ2) is 6.00. The number of anilines is 1. The second-order valence-corrected chi connectivity index (χ2v) is 5.53. The molecular weight excluding hydrogens is 260 g/mol. The van der Waals surface area contributed by atoms with Crippen molar-refractivity contribution in [1.29, 1.82) is 0 Å². The van der Waals surface area contributed by atoms with Gasteiger partial charge in [0.15, 0.2) is 0 Å². The normalized spacial score (nSPS) is 13.8. The molecule has 2 aromatic carbocycles. The van der Waals surface area contributed by atoms with Crippen molar-refractivity contribution >= 4 is 11.6 Å². The Balaban J connectivity index is 1.73. The van der Waals surface area contributed by atoms with Crippen LogP contribution in [0.4, 0.5) is 5.69 Å². The number of para-hydroxylation sites is 1. The first kappa shape index (κ1) is 13.7. The summed E-state index contributed by atoms with van der Waals surface area (Å²) in [5.74, 6) is 0.0407. The molecule has 3 nitrogen and oxygen atoms in total. The summed E-state index contributed by atoms with van der Waals surface area (Å²) in [6, 6.07) is 17.1. The highest BCUT2D eigenvalue weighted by atomic mass is 16.1. The Morgan fingerprint density at radius 3 is 2.33 bits per heavy atom. The molecule has 2 N–H and O–H groups in total. The molecule has 0 spiro atoms. The summed E-state index contributed by atoms with van der Waals surface area (Å²) in [6.45, 7) is 0. The highest BCUT2D eigenvalue weighted by Gasteiger charge is 2.21. The van der Waals surface area contributed by atoms with E-state index in [-0.39, 0.29) is 5.91 Å². The number of carbonyl (C=O) groups is 1. The van der Waals surface area contributed by atoms with Crippen LogP contribution in [-0.2, 0) is 24.1 Å². The average molecular weight is 280 g/mol. The number of nitrogens with one attached hydrogen (secondary N) is 2. The van der Waals surface area contributed by atoms with E-state index in [0.717, 1.165) is 24.1 Å². The molecule has 0 bridgehead atoms. The fourth-order valence-electron chi connectivity index (χ4n) is 2.96. The highest BCUT2D eigenvalue weighted by molar-refractivity contribution is 5.80. The van der Waals surface area contributed by atoms with Gasteiger partial charge in [-0.2, -0.15) is 0 Å². The highest BCUT2D eigenvalue weighted by Crippen LogP contribution is 2.26. The number of amides is 1. The van der Waals surface area contributed by atoms with E-state index in [1.54, 1.807) is 7.05 Å². The Morgan fingerprint density at radius 1 is 1.05 bits per heavy atom. The SMILES string of the molecule is CNC(=O)Cc1ccccc1NC1Cc2ccccc2C1. The van der Waals surface area contributed by atoms with Gasteiger partial charge in [-0.1, -0.05) is 42.5 Å². The summed E-state index contributed by atoms with van der Waals surface area (Å²) in [5, 5.41) is 6.29. The van der Waals surface area contributed by atoms with Crippen molar-refractivity contribution in [1.82, 2.24) is 5.32 Å². The Morgan fingerprint density at radius 2 is 1.67 bits per heavy atom. The van der Waals surface area contributed by atoms with Gasteiger partial charge in [-0.15, -0.1) is 0 Å². The van der Waals surface area contributed by atoms with Gasteiger partial charge in [0.05, 0.1) is 6.42 Å². The number of rotatable bonds is 4. The summed E-state index contributed by atoms with van der Waals surface area (Å²) in [6.07, 6.45) is 2.51. The molecule has 3 rings (SSSR count). The lowest BCUT2D eigenvalue weighted by atomic mass is 10.1. The van der Waals surface area contributed by atoms with Crippen LogP contribution >= 0.6 is 0 Å². The third-order valence-electron chi connectivity index (χ3n) is 4.06. The summed E-state index contributed by atoms with van der Waals surface area (Å²) >= 11 is 0. The summed E-state index contributed by atoms with van der Waals surface area (Å²) in [5.41, 5.74) is 4.98. The lowest BCUT2D eigenvalue weighted by Gasteiger charge is -2.17. The first-order chi connectivity index (χ1) is 10.3. The van der Waals surface area contributed by atoms with Crippen LogP contribution in [0.2, 0.25) is 0 Å². The minimum atomic E-state index is 0.0407. The topological polar surface area (TPSA) is 41.1 Å². The van der Waals surface area contributed by atoms with Crippen LogP contribution in [-0.4, -0.2) is 19.0 Å². The molecule has 0 aromatic heterocycles. The third-order valence-corrected chi connectivity index (χ3v) is 4.06. The number of hydrogen-bond donors (Lipinski definition) is 2. The Bertz CT molecular complexity index is 626. The molecule has 1 aliphatic carbocycles. The van der Waals surface area contributed by atoms with Crippen molar-refractivity contribution in [2.24, 2.45) is 0 Å². The molecule has 1 aliphatic rings. The van der Waals surface area contributed by atoms with Gasteiger partial charge in [-0.25, -0.2) is 0 Å². The smallest absolute Gasteiger partial charge is 0.224 e. The number of likely N-dealkylation sites (N-methyl/N-ethyl adjacent to an activating group) is 1. The fraction of sp³-hybridized carbons (Fsp3) is 0.278. The van der Waals surface area contributed by atoms with Crippen molar-refractivity contribution in [3.05, 3.63) is 65.2 Å². The van der Waals surface area contributed by atoms with Gasteiger partial charge in [0, 0.05) is 18.8 Å². The van der Waals surface area contributed by atoms with E-state index < -0.39 is 0 Å². The van der Waals surface area contributed by atoms with E-state index in [1.165, 1.54) is 11.1 Å². The summed E-state index contributed by atoms with van der Waals surface area (Å²) in [7, 11) is 1.67. The second-order valence-electron chi connectivity index (χ2n) is 5.53. The molecule has 3 heteroatoms. The molecule has 108 valence electrons. The van der Waals surface area contributed by atoms with Crippen molar-refractivity contribution in [2.45, 2.75) is 25.3 Å². The summed E-state index contributed by atoms with van der Waals surface area (Å²) < 4.78 is 0. The van der Waals surface area contributed by atoms with E-state index in [4.69, 9.17) is 0 Å². The maximum Gasteiger partial charge on any atom is 0.224 e. The quantitative estimate of drug-likeness (QED) is 0.903. The Hall–Kier alpha value is -2.29. The van der Waals surface area contributed by atoms with Gasteiger partial charge < -0.3 is 10.6 Å². The van der Waals surface area contributed by atoms with Gasteiger partial charge in [0.2, 0.25) is 5.91 Å².